The van der Waals surface area contributed by atoms with E-state index in [0.29, 0.717) is 29.0 Å². The summed E-state index contributed by atoms with van der Waals surface area (Å²) in [6.45, 7) is 1.93. The number of carbonyl (C=O) groups excluding carboxylic acids is 1. The van der Waals surface area contributed by atoms with Crippen molar-refractivity contribution in [3.8, 4) is 5.75 Å². The molecule has 1 amide bonds. The molecule has 104 valence electrons. The minimum absolute atomic E-state index is 0.224. The number of aryl methyl sites for hydroxylation is 1. The monoisotopic (exact) mass is 271 g/mol. The first kappa shape index (κ1) is 13.7. The summed E-state index contributed by atoms with van der Waals surface area (Å²) in [5, 5.41) is 12.4. The van der Waals surface area contributed by atoms with Crippen LogP contribution < -0.4 is 16.8 Å². The van der Waals surface area contributed by atoms with Crippen LogP contribution in [0.5, 0.6) is 5.75 Å². The van der Waals surface area contributed by atoms with E-state index in [0.717, 1.165) is 5.56 Å². The Hall–Kier alpha value is -2.69. The molecule has 0 saturated carbocycles. The van der Waals surface area contributed by atoms with Crippen LogP contribution in [-0.4, -0.2) is 11.0 Å². The molecule has 2 aromatic carbocycles. The molecular weight excluding hydrogens is 254 g/mol. The largest absolute Gasteiger partial charge is 0.508 e. The van der Waals surface area contributed by atoms with Crippen LogP contribution in [0, 0.1) is 0 Å². The van der Waals surface area contributed by atoms with Crippen molar-refractivity contribution in [3.63, 3.8) is 0 Å². The lowest BCUT2D eigenvalue weighted by Gasteiger charge is -2.09. The van der Waals surface area contributed by atoms with E-state index in [9.17, 15) is 9.90 Å². The number of benzene rings is 2. The van der Waals surface area contributed by atoms with Gasteiger partial charge in [0.05, 0.1) is 11.4 Å². The zero-order valence-corrected chi connectivity index (χ0v) is 11.2. The molecule has 0 fully saturated rings. The van der Waals surface area contributed by atoms with Crippen molar-refractivity contribution in [2.24, 2.45) is 0 Å². The van der Waals surface area contributed by atoms with Gasteiger partial charge in [-0.1, -0.05) is 6.92 Å². The Morgan fingerprint density at radius 1 is 1.15 bits per heavy atom. The van der Waals surface area contributed by atoms with Gasteiger partial charge in [-0.15, -0.1) is 0 Å². The number of nitrogen functional groups attached to an aromatic ring is 2. The van der Waals surface area contributed by atoms with Crippen molar-refractivity contribution < 1.29 is 9.90 Å². The number of nitrogens with one attached hydrogen (secondary N) is 1. The van der Waals surface area contributed by atoms with Gasteiger partial charge in [0.2, 0.25) is 0 Å². The minimum Gasteiger partial charge on any atom is -0.508 e. The molecule has 0 saturated heterocycles. The van der Waals surface area contributed by atoms with Crippen LogP contribution in [0.2, 0.25) is 0 Å². The summed E-state index contributed by atoms with van der Waals surface area (Å²) in [5.41, 5.74) is 13.9. The Bertz CT molecular complexity index is 654. The maximum absolute atomic E-state index is 12.1. The maximum atomic E-state index is 12.1. The molecule has 2 rings (SSSR count). The van der Waals surface area contributed by atoms with Crippen molar-refractivity contribution >= 4 is 23.0 Å². The molecule has 0 aliphatic heterocycles. The fourth-order valence-corrected chi connectivity index (χ4v) is 1.87. The van der Waals surface area contributed by atoms with E-state index in [-0.39, 0.29) is 11.7 Å². The van der Waals surface area contributed by atoms with Crippen LogP contribution in [0.15, 0.2) is 36.4 Å². The second-order valence-electron chi connectivity index (χ2n) is 4.49. The summed E-state index contributed by atoms with van der Waals surface area (Å²) in [5.74, 6) is -0.0494. The van der Waals surface area contributed by atoms with Gasteiger partial charge < -0.3 is 21.9 Å². The quantitative estimate of drug-likeness (QED) is 0.508. The van der Waals surface area contributed by atoms with Gasteiger partial charge in [0.15, 0.2) is 0 Å². The molecule has 0 heterocycles. The molecule has 2 aromatic rings. The Kier molecular flexibility index (Phi) is 3.79. The maximum Gasteiger partial charge on any atom is 0.255 e. The number of amides is 1. The van der Waals surface area contributed by atoms with Crippen LogP contribution in [0.25, 0.3) is 0 Å². The lowest BCUT2D eigenvalue weighted by molar-refractivity contribution is 0.102. The van der Waals surface area contributed by atoms with Gasteiger partial charge in [0.1, 0.15) is 5.75 Å². The zero-order valence-electron chi connectivity index (χ0n) is 11.2. The van der Waals surface area contributed by atoms with Crippen molar-refractivity contribution in [1.29, 1.82) is 0 Å². The first-order valence-corrected chi connectivity index (χ1v) is 6.29. The lowest BCUT2D eigenvalue weighted by Crippen LogP contribution is -2.12. The van der Waals surface area contributed by atoms with E-state index < -0.39 is 0 Å². The standard InChI is InChI=1S/C15H17N3O2/c1-2-9-7-11(4-6-14(9)19)18-15(20)10-3-5-12(16)13(17)8-10/h3-8,19H,2,16-17H2,1H3,(H,18,20). The van der Waals surface area contributed by atoms with E-state index >= 15 is 0 Å². The van der Waals surface area contributed by atoms with Gasteiger partial charge in [-0.25, -0.2) is 0 Å². The molecule has 0 aromatic heterocycles. The van der Waals surface area contributed by atoms with E-state index in [4.69, 9.17) is 11.5 Å². The first-order valence-electron chi connectivity index (χ1n) is 6.29. The molecule has 5 nitrogen and oxygen atoms in total. The van der Waals surface area contributed by atoms with Crippen molar-refractivity contribution in [1.82, 2.24) is 0 Å². The van der Waals surface area contributed by atoms with E-state index in [1.807, 2.05) is 6.92 Å². The lowest BCUT2D eigenvalue weighted by atomic mass is 10.1. The Labute approximate surface area is 117 Å². The highest BCUT2D eigenvalue weighted by atomic mass is 16.3. The fourth-order valence-electron chi connectivity index (χ4n) is 1.87. The normalized spacial score (nSPS) is 10.2. The van der Waals surface area contributed by atoms with Gasteiger partial charge in [0.25, 0.3) is 5.91 Å². The Morgan fingerprint density at radius 3 is 2.55 bits per heavy atom. The molecular formula is C15H17N3O2. The molecule has 0 unspecified atom stereocenters. The van der Waals surface area contributed by atoms with Crippen LogP contribution >= 0.6 is 0 Å². The van der Waals surface area contributed by atoms with Gasteiger partial charge in [-0.3, -0.25) is 4.79 Å². The molecule has 0 bridgehead atoms. The number of hydrogen-bond donors (Lipinski definition) is 4. The minimum atomic E-state index is -0.274. The number of phenols is 1. The number of rotatable bonds is 3. The molecule has 0 aliphatic rings. The number of nitrogens with two attached hydrogens (primary N) is 2. The summed E-state index contributed by atoms with van der Waals surface area (Å²) >= 11 is 0. The number of carbonyl (C=O) groups is 1. The van der Waals surface area contributed by atoms with Crippen molar-refractivity contribution in [2.45, 2.75) is 13.3 Å². The average molecular weight is 271 g/mol. The van der Waals surface area contributed by atoms with Gasteiger partial charge >= 0.3 is 0 Å². The second-order valence-corrected chi connectivity index (χ2v) is 4.49. The smallest absolute Gasteiger partial charge is 0.255 e. The topological polar surface area (TPSA) is 101 Å². The summed E-state index contributed by atoms with van der Waals surface area (Å²) in [4.78, 5) is 12.1. The summed E-state index contributed by atoms with van der Waals surface area (Å²) in [7, 11) is 0. The molecule has 0 atom stereocenters. The third-order valence-electron chi connectivity index (χ3n) is 3.07. The predicted molar refractivity (Wildman–Crippen MR) is 80.7 cm³/mol. The zero-order chi connectivity index (χ0) is 14.7. The molecule has 0 aliphatic carbocycles. The number of aromatic hydroxyl groups is 1. The number of anilines is 3. The second kappa shape index (κ2) is 5.52. The van der Waals surface area contributed by atoms with Gasteiger partial charge in [-0.2, -0.15) is 0 Å². The van der Waals surface area contributed by atoms with Crippen LogP contribution in [0.1, 0.15) is 22.8 Å². The highest BCUT2D eigenvalue weighted by Gasteiger charge is 2.09. The highest BCUT2D eigenvalue weighted by molar-refractivity contribution is 6.05. The third kappa shape index (κ3) is 2.83. The highest BCUT2D eigenvalue weighted by Crippen LogP contribution is 2.23. The van der Waals surface area contributed by atoms with Crippen molar-refractivity contribution in [2.75, 3.05) is 16.8 Å². The van der Waals surface area contributed by atoms with E-state index in [2.05, 4.69) is 5.32 Å². The molecule has 6 N–H and O–H groups in total. The third-order valence-corrected chi connectivity index (χ3v) is 3.07. The molecule has 0 spiro atoms. The van der Waals surface area contributed by atoms with E-state index in [1.54, 1.807) is 30.3 Å². The SMILES string of the molecule is CCc1cc(NC(=O)c2ccc(N)c(N)c2)ccc1O. The first-order chi connectivity index (χ1) is 9.51. The Morgan fingerprint density at radius 2 is 1.90 bits per heavy atom. The Balaban J connectivity index is 2.21. The van der Waals surface area contributed by atoms with Crippen LogP contribution in [-0.2, 0) is 6.42 Å². The fraction of sp³-hybridized carbons (Fsp3) is 0.133. The summed E-state index contributed by atoms with van der Waals surface area (Å²) < 4.78 is 0. The number of phenolic OH excluding ortho intramolecular Hbond substituents is 1. The number of hydrogen-bond acceptors (Lipinski definition) is 4. The molecule has 5 heteroatoms. The van der Waals surface area contributed by atoms with E-state index in [1.165, 1.54) is 6.07 Å². The average Bonchev–Trinajstić information content (AvgIpc) is 2.43. The van der Waals surface area contributed by atoms with Crippen molar-refractivity contribution in [3.05, 3.63) is 47.5 Å². The van der Waals surface area contributed by atoms with Gasteiger partial charge in [0, 0.05) is 11.3 Å². The summed E-state index contributed by atoms with van der Waals surface area (Å²) in [6, 6.07) is 9.69. The van der Waals surface area contributed by atoms with Crippen LogP contribution in [0.4, 0.5) is 17.1 Å². The van der Waals surface area contributed by atoms with Gasteiger partial charge in [-0.05, 0) is 48.4 Å². The molecule has 0 radical (unpaired) electrons. The molecule has 20 heavy (non-hydrogen) atoms. The van der Waals surface area contributed by atoms with Crippen LogP contribution in [0.3, 0.4) is 0 Å². The summed E-state index contributed by atoms with van der Waals surface area (Å²) in [6.07, 6.45) is 0.685. The predicted octanol–water partition coefficient (Wildman–Crippen LogP) is 2.37.